The lowest BCUT2D eigenvalue weighted by Crippen LogP contribution is -2.43. The summed E-state index contributed by atoms with van der Waals surface area (Å²) in [5.74, 6) is -0.0875. The average molecular weight is 919 g/mol. The number of ketones is 2. The molecule has 5 N–H and O–H groups in total. The Morgan fingerprint density at radius 2 is 1.22 bits per heavy atom. The van der Waals surface area contributed by atoms with Crippen molar-refractivity contribution < 1.29 is 37.5 Å². The van der Waals surface area contributed by atoms with E-state index in [-0.39, 0.29) is 41.1 Å². The Hall–Kier alpha value is -6.15. The number of carbonyl (C=O) groups is 5. The van der Waals surface area contributed by atoms with Gasteiger partial charge in [-0.3, -0.25) is 19.2 Å². The molecule has 12 nitrogen and oxygen atoms in total. The first kappa shape index (κ1) is 48.8. The van der Waals surface area contributed by atoms with E-state index in [0.29, 0.717) is 58.3 Å². The van der Waals surface area contributed by atoms with Gasteiger partial charge in [0.2, 0.25) is 0 Å². The Kier molecular flexibility index (Phi) is 14.5. The van der Waals surface area contributed by atoms with E-state index in [2.05, 4.69) is 32.8 Å². The van der Waals surface area contributed by atoms with Crippen LogP contribution in [-0.2, 0) is 49.6 Å². The number of ether oxygens (including phenoxy) is 1. The van der Waals surface area contributed by atoms with Crippen molar-refractivity contribution in [2.45, 2.75) is 130 Å². The molecular formula is C53H64F2N6O6. The minimum atomic E-state index is -0.613. The third kappa shape index (κ3) is 11.0. The van der Waals surface area contributed by atoms with E-state index in [9.17, 15) is 32.8 Å². The molecule has 2 aromatic heterocycles. The zero-order valence-corrected chi connectivity index (χ0v) is 40.2. The van der Waals surface area contributed by atoms with E-state index in [4.69, 9.17) is 4.74 Å². The quantitative estimate of drug-likeness (QED) is 0.0883. The van der Waals surface area contributed by atoms with Crippen LogP contribution in [0, 0.1) is 37.3 Å². The van der Waals surface area contributed by atoms with Crippen molar-refractivity contribution in [2.75, 3.05) is 24.7 Å². The maximum Gasteiger partial charge on any atom is 0.410 e. The second-order valence-electron chi connectivity index (χ2n) is 19.7. The summed E-state index contributed by atoms with van der Waals surface area (Å²) in [4.78, 5) is 70.6. The van der Waals surface area contributed by atoms with Crippen LogP contribution in [0.1, 0.15) is 129 Å². The largest absolute Gasteiger partial charge is 0.444 e. The summed E-state index contributed by atoms with van der Waals surface area (Å²) in [7, 11) is 3.41. The van der Waals surface area contributed by atoms with Crippen LogP contribution >= 0.6 is 0 Å². The van der Waals surface area contributed by atoms with E-state index in [0.717, 1.165) is 79.6 Å². The van der Waals surface area contributed by atoms with Crippen LogP contribution in [0.5, 0.6) is 0 Å². The number of benzene rings is 2. The predicted octanol–water partition coefficient (Wildman–Crippen LogP) is 9.68. The van der Waals surface area contributed by atoms with E-state index >= 15 is 0 Å². The van der Waals surface area contributed by atoms with Gasteiger partial charge < -0.3 is 35.6 Å². The number of amides is 3. The molecule has 4 heterocycles. The van der Waals surface area contributed by atoms with Gasteiger partial charge in [-0.15, -0.1) is 0 Å². The number of halogens is 2. The molecule has 0 saturated heterocycles. The number of H-pyrrole nitrogens is 2. The van der Waals surface area contributed by atoms with Crippen molar-refractivity contribution in [3.8, 4) is 0 Å². The maximum atomic E-state index is 13.8. The normalized spacial score (nSPS) is 19.3. The van der Waals surface area contributed by atoms with Crippen LogP contribution in [0.15, 0.2) is 36.4 Å². The minimum Gasteiger partial charge on any atom is -0.444 e. The highest BCUT2D eigenvalue weighted by Gasteiger charge is 2.31. The molecule has 3 amide bonds. The fraction of sp³-hybridized carbons (Fsp3) is 0.453. The third-order valence-corrected chi connectivity index (χ3v) is 14.0. The number of likely N-dealkylation sites (N-methyl/N-ethyl adjacent to an activating group) is 2. The van der Waals surface area contributed by atoms with Crippen LogP contribution in [0.2, 0.25) is 0 Å². The van der Waals surface area contributed by atoms with Gasteiger partial charge in [0.25, 0.3) is 11.8 Å². The zero-order chi connectivity index (χ0) is 48.5. The molecule has 4 aliphatic rings. The Morgan fingerprint density at radius 3 is 1.66 bits per heavy atom. The van der Waals surface area contributed by atoms with Gasteiger partial charge in [0, 0.05) is 65.2 Å². The van der Waals surface area contributed by atoms with Gasteiger partial charge in [-0.05, 0) is 190 Å². The fourth-order valence-electron chi connectivity index (χ4n) is 9.61. The Bertz CT molecular complexity index is 2670. The summed E-state index contributed by atoms with van der Waals surface area (Å²) in [6, 6.07) is 7.99. The van der Waals surface area contributed by atoms with Crippen LogP contribution in [0.3, 0.4) is 0 Å². The van der Waals surface area contributed by atoms with Crippen molar-refractivity contribution in [1.29, 1.82) is 0 Å². The van der Waals surface area contributed by atoms with Crippen molar-refractivity contribution in [1.82, 2.24) is 20.2 Å². The second kappa shape index (κ2) is 20.0. The summed E-state index contributed by atoms with van der Waals surface area (Å²) < 4.78 is 32.9. The number of aromatic nitrogens is 2. The van der Waals surface area contributed by atoms with Crippen molar-refractivity contribution in [2.24, 2.45) is 11.8 Å². The zero-order valence-electron chi connectivity index (χ0n) is 40.2. The van der Waals surface area contributed by atoms with Gasteiger partial charge in [0.05, 0.1) is 23.2 Å². The van der Waals surface area contributed by atoms with Crippen LogP contribution in [0.25, 0.3) is 23.3 Å². The van der Waals surface area contributed by atoms with Crippen LogP contribution in [0.4, 0.5) is 25.0 Å². The summed E-state index contributed by atoms with van der Waals surface area (Å²) in [5.41, 5.74) is 11.6. The van der Waals surface area contributed by atoms with Gasteiger partial charge in [-0.2, -0.15) is 0 Å². The Morgan fingerprint density at radius 1 is 0.776 bits per heavy atom. The number of aromatic amines is 2. The van der Waals surface area contributed by atoms with Gasteiger partial charge in [0.15, 0.2) is 5.78 Å². The molecule has 0 spiro atoms. The van der Waals surface area contributed by atoms with Crippen molar-refractivity contribution in [3.63, 3.8) is 0 Å². The van der Waals surface area contributed by atoms with Crippen LogP contribution in [-0.4, -0.2) is 76.1 Å². The van der Waals surface area contributed by atoms with Crippen molar-refractivity contribution in [3.05, 3.63) is 104 Å². The number of hydrogen-bond acceptors (Lipinski definition) is 7. The molecule has 4 atom stereocenters. The number of nitrogens with zero attached hydrogens (tertiary/aromatic N) is 1. The third-order valence-electron chi connectivity index (χ3n) is 14.0. The monoisotopic (exact) mass is 918 g/mol. The van der Waals surface area contributed by atoms with Gasteiger partial charge >= 0.3 is 6.09 Å². The highest BCUT2D eigenvalue weighted by atomic mass is 19.1. The molecule has 0 radical (unpaired) electrons. The molecule has 67 heavy (non-hydrogen) atoms. The minimum absolute atomic E-state index is 0.0189. The molecule has 2 unspecified atom stereocenters. The van der Waals surface area contributed by atoms with Gasteiger partial charge in [-0.25, -0.2) is 13.6 Å². The second-order valence-corrected chi connectivity index (χ2v) is 19.7. The first-order chi connectivity index (χ1) is 31.7. The van der Waals surface area contributed by atoms with Gasteiger partial charge in [-0.1, -0.05) is 0 Å². The van der Waals surface area contributed by atoms with Gasteiger partial charge in [0.1, 0.15) is 23.0 Å². The number of rotatable bonds is 12. The smallest absolute Gasteiger partial charge is 0.410 e. The summed E-state index contributed by atoms with van der Waals surface area (Å²) in [5, 5.41) is 8.60. The molecule has 8 rings (SSSR count). The van der Waals surface area contributed by atoms with E-state index in [1.165, 1.54) is 46.0 Å². The molecule has 0 saturated carbocycles. The molecule has 2 aliphatic heterocycles. The average Bonchev–Trinajstić information content (AvgIpc) is 3.98. The number of Topliss-reactive ketones (excluding diaryl/α,β-unsaturated/α-hetero) is 2. The lowest BCUT2D eigenvalue weighted by atomic mass is 9.83. The van der Waals surface area contributed by atoms with Crippen LogP contribution < -0.4 is 16.0 Å². The van der Waals surface area contributed by atoms with E-state index in [1.807, 2.05) is 27.0 Å². The Labute approximate surface area is 391 Å². The number of anilines is 2. The fourth-order valence-corrected chi connectivity index (χ4v) is 9.61. The maximum absolute atomic E-state index is 13.8. The highest BCUT2D eigenvalue weighted by Crippen LogP contribution is 2.39. The topological polar surface area (TPSA) is 165 Å². The molecule has 0 bridgehead atoms. The predicted molar refractivity (Wildman–Crippen MR) is 258 cm³/mol. The number of carbonyl (C=O) groups excluding carboxylic acids is 5. The van der Waals surface area contributed by atoms with E-state index < -0.39 is 17.7 Å². The molecule has 2 aromatic carbocycles. The van der Waals surface area contributed by atoms with E-state index in [1.54, 1.807) is 53.0 Å². The summed E-state index contributed by atoms with van der Waals surface area (Å²) in [6.07, 6.45) is 11.4. The highest BCUT2D eigenvalue weighted by molar-refractivity contribution is 6.35. The molecule has 4 aromatic rings. The summed E-state index contributed by atoms with van der Waals surface area (Å²) >= 11 is 0. The lowest BCUT2D eigenvalue weighted by Gasteiger charge is -2.28. The molecule has 14 heteroatoms. The summed E-state index contributed by atoms with van der Waals surface area (Å²) in [6.45, 7) is 13.1. The SMILES string of the molecule is CN[C@@H](C)C(=O)CCC1CCc2c([nH]c(/C=C3\C(=O)Nc4ccc(F)cc43)c2C)C1.Cc1c(/C=C2\C(=O)Nc3ccc(F)cc32)[nH]c2c1CCC(CCC(=O)[C@H](C)N(C)C(=O)OC(C)(C)C)C2. The molecule has 0 fully saturated rings. The first-order valence-electron chi connectivity index (χ1n) is 23.5. The lowest BCUT2D eigenvalue weighted by molar-refractivity contribution is -0.123. The standard InChI is InChI=1S/C29H36FN3O4.C24H28FN3O2/c1-16-20-10-7-18(8-12-26(34)17(2)33(6)28(36)37-29(3,4)5)13-25(20)31-24(16)15-22-21-14-19(30)9-11-23(21)32-27(22)35;1-13-17-7-4-15(5-9-23(29)14(2)26-3)10-22(17)27-21(13)12-19-18-11-16(25)6-8-20(18)28-24(19)30/h9,11,14-15,17-18,31H,7-8,10,12-13H2,1-6H3,(H,32,35);6,8,11-12,14-15,26-27H,4-5,7,9-10H2,1-3H3,(H,28,30)/b22-15-;19-12-/t17-,18?;14-,15?/m00/s1. The number of nitrogens with one attached hydrogen (secondary N) is 5. The Balaban J connectivity index is 0.000000203. The first-order valence-corrected chi connectivity index (χ1v) is 23.5. The number of hydrogen-bond donors (Lipinski definition) is 5. The molecule has 356 valence electrons. The molecular weight excluding hydrogens is 855 g/mol. The van der Waals surface area contributed by atoms with Crippen molar-refractivity contribution >= 4 is 64.1 Å². The number of fused-ring (bicyclic) bond motifs is 4. The molecule has 2 aliphatic carbocycles.